The molecule has 0 saturated carbocycles. The van der Waals surface area contributed by atoms with E-state index in [4.69, 9.17) is 14.2 Å². The SMILES string of the molecule is CC1(C)Oc2ccc(NC(=O)CC3CNCCO3)cc2O1. The van der Waals surface area contributed by atoms with Gasteiger partial charge in [-0.25, -0.2) is 0 Å². The van der Waals surface area contributed by atoms with Crippen molar-refractivity contribution < 1.29 is 19.0 Å². The Bertz CT molecular complexity index is 538. The highest BCUT2D eigenvalue weighted by Gasteiger charge is 2.31. The minimum atomic E-state index is -0.660. The number of carbonyl (C=O) groups excluding carboxylic acids is 1. The number of rotatable bonds is 3. The molecule has 2 aliphatic heterocycles. The Hall–Kier alpha value is -1.79. The van der Waals surface area contributed by atoms with Crippen molar-refractivity contribution in [1.82, 2.24) is 5.32 Å². The van der Waals surface area contributed by atoms with E-state index < -0.39 is 5.79 Å². The van der Waals surface area contributed by atoms with Gasteiger partial charge in [0.15, 0.2) is 11.5 Å². The van der Waals surface area contributed by atoms with Crippen LogP contribution in [0.4, 0.5) is 5.69 Å². The molecule has 3 rings (SSSR count). The van der Waals surface area contributed by atoms with E-state index in [0.717, 1.165) is 6.54 Å². The lowest BCUT2D eigenvalue weighted by atomic mass is 10.2. The first-order valence-corrected chi connectivity index (χ1v) is 7.16. The van der Waals surface area contributed by atoms with Gasteiger partial charge < -0.3 is 24.8 Å². The standard InChI is InChI=1S/C15H20N2O4/c1-15(2)20-12-4-3-10(7-13(12)21-15)17-14(18)8-11-9-16-5-6-19-11/h3-4,7,11,16H,5-6,8-9H2,1-2H3,(H,17,18). The largest absolute Gasteiger partial charge is 0.449 e. The van der Waals surface area contributed by atoms with E-state index in [1.807, 2.05) is 19.9 Å². The summed E-state index contributed by atoms with van der Waals surface area (Å²) in [5.74, 6) is 0.611. The van der Waals surface area contributed by atoms with Crippen LogP contribution in [0.2, 0.25) is 0 Å². The highest BCUT2D eigenvalue weighted by Crippen LogP contribution is 2.40. The lowest BCUT2D eigenvalue weighted by molar-refractivity contribution is -0.119. The maximum Gasteiger partial charge on any atom is 0.246 e. The first-order chi connectivity index (χ1) is 10.0. The number of fused-ring (bicyclic) bond motifs is 1. The lowest BCUT2D eigenvalue weighted by Gasteiger charge is -2.23. The molecule has 2 N–H and O–H groups in total. The van der Waals surface area contributed by atoms with E-state index in [2.05, 4.69) is 10.6 Å². The van der Waals surface area contributed by atoms with E-state index >= 15 is 0 Å². The Kier molecular flexibility index (Phi) is 3.73. The Morgan fingerprint density at radius 2 is 2.19 bits per heavy atom. The van der Waals surface area contributed by atoms with Crippen molar-refractivity contribution >= 4 is 11.6 Å². The highest BCUT2D eigenvalue weighted by molar-refractivity contribution is 5.91. The van der Waals surface area contributed by atoms with E-state index in [1.165, 1.54) is 0 Å². The zero-order valence-electron chi connectivity index (χ0n) is 12.3. The second-order valence-electron chi connectivity index (χ2n) is 5.71. The van der Waals surface area contributed by atoms with Gasteiger partial charge in [0.25, 0.3) is 0 Å². The zero-order valence-corrected chi connectivity index (χ0v) is 12.3. The van der Waals surface area contributed by atoms with Gasteiger partial charge in [-0.15, -0.1) is 0 Å². The minimum absolute atomic E-state index is 0.0632. The van der Waals surface area contributed by atoms with Crippen LogP contribution in [-0.4, -0.2) is 37.5 Å². The molecule has 114 valence electrons. The normalized spacial score (nSPS) is 22.9. The van der Waals surface area contributed by atoms with Crippen LogP contribution in [0.3, 0.4) is 0 Å². The van der Waals surface area contributed by atoms with Crippen molar-refractivity contribution in [1.29, 1.82) is 0 Å². The quantitative estimate of drug-likeness (QED) is 0.884. The van der Waals surface area contributed by atoms with Gasteiger partial charge >= 0.3 is 0 Å². The molecule has 1 saturated heterocycles. The minimum Gasteiger partial charge on any atom is -0.449 e. The van der Waals surface area contributed by atoms with Gasteiger partial charge in [0.05, 0.1) is 19.1 Å². The van der Waals surface area contributed by atoms with Crippen molar-refractivity contribution in [3.05, 3.63) is 18.2 Å². The smallest absolute Gasteiger partial charge is 0.246 e. The number of amides is 1. The Labute approximate surface area is 123 Å². The molecule has 6 nitrogen and oxygen atoms in total. The summed E-state index contributed by atoms with van der Waals surface area (Å²) in [6.45, 7) is 5.90. The van der Waals surface area contributed by atoms with Crippen molar-refractivity contribution in [2.75, 3.05) is 25.0 Å². The lowest BCUT2D eigenvalue weighted by Crippen LogP contribution is -2.40. The van der Waals surface area contributed by atoms with E-state index in [9.17, 15) is 4.79 Å². The fraction of sp³-hybridized carbons (Fsp3) is 0.533. The predicted molar refractivity (Wildman–Crippen MR) is 77.6 cm³/mol. The van der Waals surface area contributed by atoms with Crippen LogP contribution in [0.1, 0.15) is 20.3 Å². The third-order valence-electron chi connectivity index (χ3n) is 3.36. The second kappa shape index (κ2) is 5.54. The van der Waals surface area contributed by atoms with Crippen LogP contribution in [0, 0.1) is 0 Å². The van der Waals surface area contributed by atoms with Crippen molar-refractivity contribution in [3.8, 4) is 11.5 Å². The molecule has 1 unspecified atom stereocenters. The second-order valence-corrected chi connectivity index (χ2v) is 5.71. The van der Waals surface area contributed by atoms with Gasteiger partial charge in [-0.05, 0) is 12.1 Å². The van der Waals surface area contributed by atoms with Crippen LogP contribution >= 0.6 is 0 Å². The summed E-state index contributed by atoms with van der Waals surface area (Å²) in [6.07, 6.45) is 0.277. The summed E-state index contributed by atoms with van der Waals surface area (Å²) < 4.78 is 16.8. The predicted octanol–water partition coefficient (Wildman–Crippen LogP) is 1.51. The molecule has 0 aliphatic carbocycles. The number of carbonyl (C=O) groups is 1. The number of hydrogen-bond acceptors (Lipinski definition) is 5. The number of anilines is 1. The molecule has 1 aromatic carbocycles. The van der Waals surface area contributed by atoms with Gasteiger partial charge in [0.1, 0.15) is 0 Å². The van der Waals surface area contributed by atoms with Crippen LogP contribution in [0.15, 0.2) is 18.2 Å². The fourth-order valence-electron chi connectivity index (χ4n) is 2.47. The molecule has 1 atom stereocenters. The molecule has 0 aromatic heterocycles. The van der Waals surface area contributed by atoms with Crippen LogP contribution in [0.25, 0.3) is 0 Å². The molecular weight excluding hydrogens is 272 g/mol. The van der Waals surface area contributed by atoms with Crippen LogP contribution in [-0.2, 0) is 9.53 Å². The maximum absolute atomic E-state index is 12.0. The molecule has 0 spiro atoms. The maximum atomic E-state index is 12.0. The van der Waals surface area contributed by atoms with E-state index in [-0.39, 0.29) is 12.0 Å². The van der Waals surface area contributed by atoms with Gasteiger partial charge in [0.2, 0.25) is 11.7 Å². The number of ether oxygens (including phenoxy) is 3. The van der Waals surface area contributed by atoms with Gasteiger partial charge in [-0.3, -0.25) is 4.79 Å². The van der Waals surface area contributed by atoms with Crippen molar-refractivity contribution in [2.45, 2.75) is 32.2 Å². The van der Waals surface area contributed by atoms with Gasteiger partial charge in [-0.2, -0.15) is 0 Å². The Morgan fingerprint density at radius 3 is 2.95 bits per heavy atom. The monoisotopic (exact) mass is 292 g/mol. The molecule has 1 amide bonds. The molecule has 0 radical (unpaired) electrons. The highest BCUT2D eigenvalue weighted by atomic mass is 16.7. The summed E-state index contributed by atoms with van der Waals surface area (Å²) >= 11 is 0. The molecule has 2 aliphatic rings. The molecular formula is C15H20N2O4. The fourth-order valence-corrected chi connectivity index (χ4v) is 2.47. The number of hydrogen-bond donors (Lipinski definition) is 2. The van der Waals surface area contributed by atoms with Crippen molar-refractivity contribution in [2.24, 2.45) is 0 Å². The molecule has 6 heteroatoms. The summed E-state index contributed by atoms with van der Waals surface area (Å²) in [4.78, 5) is 12.0. The number of nitrogens with one attached hydrogen (secondary N) is 2. The molecule has 2 heterocycles. The van der Waals surface area contributed by atoms with E-state index in [0.29, 0.717) is 36.8 Å². The van der Waals surface area contributed by atoms with Crippen molar-refractivity contribution in [3.63, 3.8) is 0 Å². The Balaban J connectivity index is 1.59. The molecule has 1 fully saturated rings. The average molecular weight is 292 g/mol. The third kappa shape index (κ3) is 3.46. The Morgan fingerprint density at radius 1 is 1.38 bits per heavy atom. The topological polar surface area (TPSA) is 68.8 Å². The summed E-state index contributed by atoms with van der Waals surface area (Å²) in [5.41, 5.74) is 0.698. The summed E-state index contributed by atoms with van der Waals surface area (Å²) in [7, 11) is 0. The zero-order chi connectivity index (χ0) is 14.9. The molecule has 1 aromatic rings. The third-order valence-corrected chi connectivity index (χ3v) is 3.36. The molecule has 21 heavy (non-hydrogen) atoms. The molecule has 0 bridgehead atoms. The van der Waals surface area contributed by atoms with Gasteiger partial charge in [0, 0.05) is 38.7 Å². The number of morpholine rings is 1. The average Bonchev–Trinajstić information content (AvgIpc) is 2.73. The van der Waals surface area contributed by atoms with Gasteiger partial charge in [-0.1, -0.05) is 0 Å². The van der Waals surface area contributed by atoms with E-state index in [1.54, 1.807) is 12.1 Å². The van der Waals surface area contributed by atoms with Crippen LogP contribution < -0.4 is 20.1 Å². The first-order valence-electron chi connectivity index (χ1n) is 7.16. The van der Waals surface area contributed by atoms with Crippen LogP contribution in [0.5, 0.6) is 11.5 Å². The first kappa shape index (κ1) is 14.2. The summed E-state index contributed by atoms with van der Waals surface area (Å²) in [6, 6.07) is 5.39. The number of benzene rings is 1. The summed E-state index contributed by atoms with van der Waals surface area (Å²) in [5, 5.41) is 6.07.